The van der Waals surface area contributed by atoms with Gasteiger partial charge in [-0.15, -0.1) is 23.7 Å². The van der Waals surface area contributed by atoms with E-state index in [9.17, 15) is 4.79 Å². The molecule has 0 aliphatic heterocycles. The lowest BCUT2D eigenvalue weighted by Crippen LogP contribution is -1.93. The predicted octanol–water partition coefficient (Wildman–Crippen LogP) is 4.01. The Morgan fingerprint density at radius 3 is 1.91 bits per heavy atom. The maximum atomic E-state index is 10.3. The molecule has 0 amide bonds. The first-order valence-corrected chi connectivity index (χ1v) is 7.76. The lowest BCUT2D eigenvalue weighted by atomic mass is 10.1. The summed E-state index contributed by atoms with van der Waals surface area (Å²) < 4.78 is 0. The molecule has 0 aliphatic rings. The van der Waals surface area contributed by atoms with E-state index in [4.69, 9.17) is 5.11 Å². The van der Waals surface area contributed by atoms with Gasteiger partial charge in [-0.3, -0.25) is 4.79 Å². The zero-order valence-corrected chi connectivity index (χ0v) is 13.4. The van der Waals surface area contributed by atoms with Crippen LogP contribution in [-0.4, -0.2) is 11.1 Å². The predicted molar refractivity (Wildman–Crippen MR) is 90.6 cm³/mol. The molecule has 0 heterocycles. The maximum absolute atomic E-state index is 10.3. The van der Waals surface area contributed by atoms with Crippen LogP contribution < -0.4 is 0 Å². The zero-order valence-electron chi connectivity index (χ0n) is 13.4. The molecule has 0 spiro atoms. The van der Waals surface area contributed by atoms with Gasteiger partial charge in [0, 0.05) is 25.7 Å². The molecule has 2 nitrogen and oxygen atoms in total. The van der Waals surface area contributed by atoms with Crippen LogP contribution in [0.2, 0.25) is 0 Å². The standard InChI is InChI=1S/C20H24O2/c1-2-3-4-5-6-7-8-9-10-11-12-13-14-15-16-17-18-19-20(21)22/h4-5,8,11,14-19H2,1H3,(H,21,22). The molecule has 0 bridgehead atoms. The summed E-state index contributed by atoms with van der Waals surface area (Å²) in [4.78, 5) is 10.3. The van der Waals surface area contributed by atoms with Gasteiger partial charge in [-0.1, -0.05) is 36.5 Å². The second kappa shape index (κ2) is 16.8. The summed E-state index contributed by atoms with van der Waals surface area (Å²) in [5.74, 6) is 23.2. The number of carboxylic acids is 1. The van der Waals surface area contributed by atoms with Gasteiger partial charge in [0.1, 0.15) is 0 Å². The van der Waals surface area contributed by atoms with E-state index in [1.165, 1.54) is 0 Å². The summed E-state index contributed by atoms with van der Waals surface area (Å²) >= 11 is 0. The van der Waals surface area contributed by atoms with Crippen molar-refractivity contribution < 1.29 is 9.90 Å². The summed E-state index contributed by atoms with van der Waals surface area (Å²) in [6.07, 6.45) is 7.80. The molecule has 22 heavy (non-hydrogen) atoms. The van der Waals surface area contributed by atoms with E-state index in [1.54, 1.807) is 0 Å². The molecule has 0 aliphatic carbocycles. The van der Waals surface area contributed by atoms with Crippen LogP contribution in [-0.2, 0) is 4.79 Å². The summed E-state index contributed by atoms with van der Waals surface area (Å²) in [6, 6.07) is 0. The van der Waals surface area contributed by atoms with Crippen molar-refractivity contribution in [1.82, 2.24) is 0 Å². The van der Waals surface area contributed by atoms with Crippen LogP contribution in [0.4, 0.5) is 0 Å². The maximum Gasteiger partial charge on any atom is 0.303 e. The highest BCUT2D eigenvalue weighted by atomic mass is 16.4. The number of hydrogen-bond donors (Lipinski definition) is 1. The third-order valence-corrected chi connectivity index (χ3v) is 2.72. The van der Waals surface area contributed by atoms with Gasteiger partial charge < -0.3 is 5.11 Å². The fraction of sp³-hybridized carbons (Fsp3) is 0.550. The van der Waals surface area contributed by atoms with E-state index in [0.29, 0.717) is 12.8 Å². The van der Waals surface area contributed by atoms with Crippen LogP contribution >= 0.6 is 0 Å². The molecule has 0 aromatic carbocycles. The topological polar surface area (TPSA) is 37.3 Å². The minimum atomic E-state index is -0.710. The summed E-state index contributed by atoms with van der Waals surface area (Å²) in [5, 5.41) is 8.49. The Balaban J connectivity index is 3.46. The lowest BCUT2D eigenvalue weighted by molar-refractivity contribution is -0.137. The number of carboxylic acid groups (broad SMARTS) is 1. The van der Waals surface area contributed by atoms with Gasteiger partial charge in [0.2, 0.25) is 0 Å². The number of carbonyl (C=O) groups is 1. The van der Waals surface area contributed by atoms with Gasteiger partial charge in [-0.25, -0.2) is 0 Å². The van der Waals surface area contributed by atoms with E-state index >= 15 is 0 Å². The molecule has 0 saturated heterocycles. The minimum Gasteiger partial charge on any atom is -0.481 e. The van der Waals surface area contributed by atoms with E-state index in [2.05, 4.69) is 47.4 Å². The average molecular weight is 296 g/mol. The first-order valence-electron chi connectivity index (χ1n) is 7.76. The third kappa shape index (κ3) is 17.7. The van der Waals surface area contributed by atoms with Gasteiger partial charge >= 0.3 is 5.97 Å². The SMILES string of the molecule is CC#CCCC#CCC#CCC#CCCCCCCC(=O)O. The average Bonchev–Trinajstić information content (AvgIpc) is 2.50. The summed E-state index contributed by atoms with van der Waals surface area (Å²) in [6.45, 7) is 1.83. The van der Waals surface area contributed by atoms with E-state index in [0.717, 1.165) is 44.9 Å². The smallest absolute Gasteiger partial charge is 0.303 e. The van der Waals surface area contributed by atoms with E-state index in [-0.39, 0.29) is 6.42 Å². The molecule has 0 rings (SSSR count). The molecular weight excluding hydrogens is 272 g/mol. The molecular formula is C20H24O2. The minimum absolute atomic E-state index is 0.274. The van der Waals surface area contributed by atoms with Gasteiger partial charge in [0.05, 0.1) is 12.8 Å². The molecule has 0 radical (unpaired) electrons. The highest BCUT2D eigenvalue weighted by Gasteiger charge is 1.95. The Morgan fingerprint density at radius 1 is 0.727 bits per heavy atom. The Labute approximate surface area is 135 Å². The number of aliphatic carboxylic acids is 1. The van der Waals surface area contributed by atoms with Gasteiger partial charge in [-0.2, -0.15) is 0 Å². The van der Waals surface area contributed by atoms with Gasteiger partial charge in [-0.05, 0) is 19.8 Å². The summed E-state index contributed by atoms with van der Waals surface area (Å²) in [7, 11) is 0. The van der Waals surface area contributed by atoms with Crippen LogP contribution in [0.15, 0.2) is 0 Å². The fourth-order valence-electron chi connectivity index (χ4n) is 1.61. The largest absolute Gasteiger partial charge is 0.481 e. The monoisotopic (exact) mass is 296 g/mol. The molecule has 0 saturated carbocycles. The van der Waals surface area contributed by atoms with Crippen LogP contribution in [0.5, 0.6) is 0 Å². The van der Waals surface area contributed by atoms with Crippen LogP contribution in [0.3, 0.4) is 0 Å². The second-order valence-electron chi connectivity index (χ2n) is 4.65. The van der Waals surface area contributed by atoms with Crippen LogP contribution in [0.1, 0.15) is 71.1 Å². The van der Waals surface area contributed by atoms with Crippen molar-refractivity contribution in [3.63, 3.8) is 0 Å². The molecule has 116 valence electrons. The van der Waals surface area contributed by atoms with Crippen molar-refractivity contribution in [1.29, 1.82) is 0 Å². The molecule has 0 aromatic rings. The van der Waals surface area contributed by atoms with Crippen molar-refractivity contribution in [2.24, 2.45) is 0 Å². The molecule has 0 fully saturated rings. The highest BCUT2D eigenvalue weighted by Crippen LogP contribution is 2.04. The Hall–Kier alpha value is -2.29. The van der Waals surface area contributed by atoms with Crippen molar-refractivity contribution in [3.8, 4) is 47.4 Å². The normalized spacial score (nSPS) is 8.05. The highest BCUT2D eigenvalue weighted by molar-refractivity contribution is 5.66. The second-order valence-corrected chi connectivity index (χ2v) is 4.65. The van der Waals surface area contributed by atoms with Crippen molar-refractivity contribution >= 4 is 5.97 Å². The van der Waals surface area contributed by atoms with Crippen LogP contribution in [0, 0.1) is 47.4 Å². The first kappa shape index (κ1) is 19.7. The third-order valence-electron chi connectivity index (χ3n) is 2.72. The van der Waals surface area contributed by atoms with E-state index in [1.807, 2.05) is 6.92 Å². The van der Waals surface area contributed by atoms with Crippen LogP contribution in [0.25, 0.3) is 0 Å². The van der Waals surface area contributed by atoms with Crippen molar-refractivity contribution in [2.45, 2.75) is 71.1 Å². The molecule has 0 atom stereocenters. The molecule has 0 unspecified atom stereocenters. The Kier molecular flexibility index (Phi) is 15.0. The van der Waals surface area contributed by atoms with Crippen molar-refractivity contribution in [3.05, 3.63) is 0 Å². The Bertz CT molecular complexity index is 541. The number of hydrogen-bond acceptors (Lipinski definition) is 1. The summed E-state index contributed by atoms with van der Waals surface area (Å²) in [5.41, 5.74) is 0. The molecule has 1 N–H and O–H groups in total. The Morgan fingerprint density at radius 2 is 1.27 bits per heavy atom. The number of rotatable bonds is 7. The zero-order chi connectivity index (χ0) is 16.3. The van der Waals surface area contributed by atoms with E-state index < -0.39 is 5.97 Å². The number of unbranched alkanes of at least 4 members (excludes halogenated alkanes) is 5. The lowest BCUT2D eigenvalue weighted by Gasteiger charge is -1.95. The first-order chi connectivity index (χ1) is 10.8. The quantitative estimate of drug-likeness (QED) is 0.569. The van der Waals surface area contributed by atoms with Gasteiger partial charge in [0.15, 0.2) is 0 Å². The molecule has 0 aromatic heterocycles. The fourth-order valence-corrected chi connectivity index (χ4v) is 1.61. The van der Waals surface area contributed by atoms with Crippen molar-refractivity contribution in [2.75, 3.05) is 0 Å². The van der Waals surface area contributed by atoms with Gasteiger partial charge in [0.25, 0.3) is 0 Å². The molecule has 2 heteroatoms.